The van der Waals surface area contributed by atoms with Gasteiger partial charge in [-0.05, 0) is 22.0 Å². The van der Waals surface area contributed by atoms with Crippen molar-refractivity contribution in [2.24, 2.45) is 0 Å². The van der Waals surface area contributed by atoms with Crippen LogP contribution in [0.25, 0.3) is 0 Å². The summed E-state index contributed by atoms with van der Waals surface area (Å²) in [6.45, 7) is -0.130. The van der Waals surface area contributed by atoms with E-state index >= 15 is 0 Å². The van der Waals surface area contributed by atoms with Gasteiger partial charge >= 0.3 is 6.18 Å². The molecule has 6 heteroatoms. The minimum atomic E-state index is -4.11. The van der Waals surface area contributed by atoms with Crippen LogP contribution in [0.1, 0.15) is 6.42 Å². The summed E-state index contributed by atoms with van der Waals surface area (Å²) in [6, 6.07) is 1.59. The molecule has 0 aromatic carbocycles. The van der Waals surface area contributed by atoms with Crippen LogP contribution in [0.4, 0.5) is 13.2 Å². The highest BCUT2D eigenvalue weighted by atomic mass is 79.9. The average Bonchev–Trinajstić information content (AvgIpc) is 2.30. The largest absolute Gasteiger partial charge is 0.390 e. The van der Waals surface area contributed by atoms with Gasteiger partial charge < -0.3 is 0 Å². The predicted molar refractivity (Wildman–Crippen MR) is 40.6 cm³/mol. The van der Waals surface area contributed by atoms with Crippen LogP contribution in [-0.4, -0.2) is 16.0 Å². The average molecular weight is 243 g/mol. The third kappa shape index (κ3) is 3.25. The smallest absolute Gasteiger partial charge is 0.271 e. The van der Waals surface area contributed by atoms with Gasteiger partial charge in [0.2, 0.25) is 0 Å². The summed E-state index contributed by atoms with van der Waals surface area (Å²) < 4.78 is 36.9. The first-order valence-electron chi connectivity index (χ1n) is 3.23. The Morgan fingerprint density at radius 2 is 2.17 bits per heavy atom. The maximum absolute atomic E-state index is 11.7. The number of alkyl halides is 3. The van der Waals surface area contributed by atoms with E-state index in [0.29, 0.717) is 4.60 Å². The second-order valence-electron chi connectivity index (χ2n) is 2.27. The molecule has 0 atom stereocenters. The van der Waals surface area contributed by atoms with Gasteiger partial charge in [0.25, 0.3) is 0 Å². The van der Waals surface area contributed by atoms with Crippen molar-refractivity contribution in [3.05, 3.63) is 16.9 Å². The van der Waals surface area contributed by atoms with E-state index < -0.39 is 12.6 Å². The van der Waals surface area contributed by atoms with Crippen LogP contribution in [0.5, 0.6) is 0 Å². The van der Waals surface area contributed by atoms with E-state index in [2.05, 4.69) is 21.0 Å². The minimum Gasteiger partial charge on any atom is -0.271 e. The van der Waals surface area contributed by atoms with Crippen LogP contribution in [0.3, 0.4) is 0 Å². The maximum atomic E-state index is 11.7. The molecular weight excluding hydrogens is 237 g/mol. The molecule has 0 aliphatic carbocycles. The summed E-state index contributed by atoms with van der Waals surface area (Å²) in [5, 5.41) is 3.75. The molecule has 0 radical (unpaired) electrons. The zero-order valence-corrected chi connectivity index (χ0v) is 7.56. The van der Waals surface area contributed by atoms with Crippen LogP contribution in [0.2, 0.25) is 0 Å². The van der Waals surface area contributed by atoms with Crippen LogP contribution in [0, 0.1) is 0 Å². The van der Waals surface area contributed by atoms with Gasteiger partial charge in [0.1, 0.15) is 4.60 Å². The molecule has 1 aromatic rings. The Bertz CT molecular complexity index is 256. The molecule has 0 amide bonds. The first-order valence-corrected chi connectivity index (χ1v) is 4.02. The highest BCUT2D eigenvalue weighted by molar-refractivity contribution is 9.10. The monoisotopic (exact) mass is 242 g/mol. The van der Waals surface area contributed by atoms with Gasteiger partial charge in [-0.3, -0.25) is 4.68 Å². The minimum absolute atomic E-state index is 0.130. The molecule has 0 fully saturated rings. The van der Waals surface area contributed by atoms with E-state index in [1.165, 1.54) is 10.9 Å². The van der Waals surface area contributed by atoms with Crippen molar-refractivity contribution in [2.45, 2.75) is 19.1 Å². The molecule has 1 rings (SSSR count). The van der Waals surface area contributed by atoms with Crippen molar-refractivity contribution in [1.82, 2.24) is 9.78 Å². The van der Waals surface area contributed by atoms with Gasteiger partial charge in [-0.25, -0.2) is 0 Å². The highest BCUT2D eigenvalue weighted by Gasteiger charge is 2.26. The molecule has 0 unspecified atom stereocenters. The normalized spacial score (nSPS) is 12.0. The molecule has 0 saturated carbocycles. The van der Waals surface area contributed by atoms with Crippen LogP contribution in [-0.2, 0) is 6.54 Å². The van der Waals surface area contributed by atoms with Gasteiger partial charge in [-0.1, -0.05) is 0 Å². The molecule has 0 aliphatic heterocycles. The Labute approximate surface area is 75.5 Å². The topological polar surface area (TPSA) is 17.8 Å². The number of aromatic nitrogens is 2. The molecule has 0 N–H and O–H groups in total. The lowest BCUT2D eigenvalue weighted by Gasteiger charge is -2.05. The van der Waals surface area contributed by atoms with E-state index in [9.17, 15) is 13.2 Å². The van der Waals surface area contributed by atoms with Crippen LogP contribution < -0.4 is 0 Å². The third-order valence-corrected chi connectivity index (χ3v) is 1.66. The molecule has 12 heavy (non-hydrogen) atoms. The second kappa shape index (κ2) is 3.47. The summed E-state index contributed by atoms with van der Waals surface area (Å²) in [4.78, 5) is 0. The number of hydrogen-bond acceptors (Lipinski definition) is 1. The van der Waals surface area contributed by atoms with Crippen molar-refractivity contribution in [3.63, 3.8) is 0 Å². The fraction of sp³-hybridized carbons (Fsp3) is 0.500. The van der Waals surface area contributed by atoms with Gasteiger partial charge in [-0.15, -0.1) is 0 Å². The molecule has 2 nitrogen and oxygen atoms in total. The Hall–Kier alpha value is -0.520. The van der Waals surface area contributed by atoms with E-state index in [1.54, 1.807) is 6.07 Å². The lowest BCUT2D eigenvalue weighted by Crippen LogP contribution is -2.12. The van der Waals surface area contributed by atoms with Gasteiger partial charge in [-0.2, -0.15) is 18.3 Å². The fourth-order valence-electron chi connectivity index (χ4n) is 0.703. The summed E-state index contributed by atoms with van der Waals surface area (Å²) in [6.07, 6.45) is -3.46. The Morgan fingerprint density at radius 1 is 1.50 bits per heavy atom. The zero-order valence-electron chi connectivity index (χ0n) is 5.98. The summed E-state index contributed by atoms with van der Waals surface area (Å²) in [7, 11) is 0. The zero-order chi connectivity index (χ0) is 9.19. The van der Waals surface area contributed by atoms with Crippen molar-refractivity contribution < 1.29 is 13.2 Å². The number of aryl methyl sites for hydroxylation is 1. The van der Waals surface area contributed by atoms with Gasteiger partial charge in [0.05, 0.1) is 6.42 Å². The van der Waals surface area contributed by atoms with E-state index in [0.717, 1.165) is 0 Å². The van der Waals surface area contributed by atoms with E-state index in [-0.39, 0.29) is 6.54 Å². The van der Waals surface area contributed by atoms with Gasteiger partial charge in [0.15, 0.2) is 0 Å². The van der Waals surface area contributed by atoms with E-state index in [4.69, 9.17) is 0 Å². The molecular formula is C6H6BrF3N2. The van der Waals surface area contributed by atoms with Crippen molar-refractivity contribution >= 4 is 15.9 Å². The third-order valence-electron chi connectivity index (χ3n) is 1.23. The van der Waals surface area contributed by atoms with Crippen LogP contribution in [0.15, 0.2) is 16.9 Å². The molecule has 0 spiro atoms. The first-order chi connectivity index (χ1) is 5.47. The Morgan fingerprint density at radius 3 is 2.58 bits per heavy atom. The lowest BCUT2D eigenvalue weighted by atomic mass is 10.4. The Kier molecular flexibility index (Phi) is 2.76. The fourth-order valence-corrected chi connectivity index (χ4v) is 1.02. The number of nitrogens with zero attached hydrogens (tertiary/aromatic N) is 2. The Balaban J connectivity index is 2.44. The predicted octanol–water partition coefficient (Wildman–Crippen LogP) is 2.60. The van der Waals surface area contributed by atoms with E-state index in [1.807, 2.05) is 0 Å². The number of halogens is 4. The maximum Gasteiger partial charge on any atom is 0.390 e. The van der Waals surface area contributed by atoms with Crippen molar-refractivity contribution in [1.29, 1.82) is 0 Å². The lowest BCUT2D eigenvalue weighted by molar-refractivity contribution is -0.137. The summed E-state index contributed by atoms with van der Waals surface area (Å²) >= 11 is 3.04. The molecule has 1 aromatic heterocycles. The second-order valence-corrected chi connectivity index (χ2v) is 3.08. The van der Waals surface area contributed by atoms with Crippen molar-refractivity contribution in [3.8, 4) is 0 Å². The quantitative estimate of drug-likeness (QED) is 0.780. The van der Waals surface area contributed by atoms with Crippen LogP contribution >= 0.6 is 15.9 Å². The molecule has 0 saturated heterocycles. The first kappa shape index (κ1) is 9.57. The molecule has 0 bridgehead atoms. The van der Waals surface area contributed by atoms with Crippen molar-refractivity contribution in [2.75, 3.05) is 0 Å². The summed E-state index contributed by atoms with van der Waals surface area (Å²) in [5.74, 6) is 0. The molecule has 68 valence electrons. The molecule has 1 heterocycles. The molecule has 0 aliphatic rings. The SMILES string of the molecule is FC(F)(F)CCn1ccc(Br)n1. The standard InChI is InChI=1S/C6H6BrF3N2/c7-5-1-3-12(11-5)4-2-6(8,9)10/h1,3H,2,4H2. The highest BCUT2D eigenvalue weighted by Crippen LogP contribution is 2.20. The van der Waals surface area contributed by atoms with Gasteiger partial charge in [0, 0.05) is 12.7 Å². The number of rotatable bonds is 2. The number of hydrogen-bond donors (Lipinski definition) is 0. The summed E-state index contributed by atoms with van der Waals surface area (Å²) in [5.41, 5.74) is 0.